The first-order chi connectivity index (χ1) is 13.0. The van der Waals surface area contributed by atoms with Gasteiger partial charge in [-0.25, -0.2) is 9.18 Å². The number of hydrogen-bond acceptors (Lipinski definition) is 5. The van der Waals surface area contributed by atoms with Crippen molar-refractivity contribution in [2.24, 2.45) is 0 Å². The van der Waals surface area contributed by atoms with Gasteiger partial charge in [-0.2, -0.15) is 0 Å². The molecule has 0 radical (unpaired) electrons. The van der Waals surface area contributed by atoms with Gasteiger partial charge in [0.15, 0.2) is 0 Å². The van der Waals surface area contributed by atoms with Gasteiger partial charge in [0.1, 0.15) is 17.5 Å². The molecule has 2 rings (SSSR count). The van der Waals surface area contributed by atoms with E-state index in [1.807, 2.05) is 0 Å². The van der Waals surface area contributed by atoms with Crippen LogP contribution in [0, 0.1) is 5.82 Å². The minimum atomic E-state index is -0.779. The van der Waals surface area contributed by atoms with Crippen molar-refractivity contribution in [1.82, 2.24) is 16.2 Å². The number of ether oxygens (including phenoxy) is 2. The van der Waals surface area contributed by atoms with Gasteiger partial charge in [0, 0.05) is 5.56 Å². The zero-order valence-electron chi connectivity index (χ0n) is 15.8. The molecule has 0 unspecified atom stereocenters. The molecular weight excluding hydrogens is 393 g/mol. The Morgan fingerprint density at radius 1 is 1.21 bits per heavy atom. The van der Waals surface area contributed by atoms with Crippen molar-refractivity contribution < 1.29 is 28.2 Å². The van der Waals surface area contributed by atoms with Crippen molar-refractivity contribution >= 4 is 29.5 Å². The zero-order chi connectivity index (χ0) is 20.9. The molecule has 0 bridgehead atoms. The monoisotopic (exact) mass is 415 g/mol. The van der Waals surface area contributed by atoms with Gasteiger partial charge in [0.2, 0.25) is 0 Å². The van der Waals surface area contributed by atoms with E-state index in [4.69, 9.17) is 21.1 Å². The number of benzene rings is 1. The summed E-state index contributed by atoms with van der Waals surface area (Å²) in [6.07, 6.45) is -0.476. The average molecular weight is 416 g/mol. The normalized spacial score (nSPS) is 19.5. The van der Waals surface area contributed by atoms with Gasteiger partial charge in [-0.3, -0.25) is 20.4 Å². The summed E-state index contributed by atoms with van der Waals surface area (Å²) in [5.41, 5.74) is 3.84. The first-order valence-corrected chi connectivity index (χ1v) is 9.09. The maximum atomic E-state index is 13.4. The van der Waals surface area contributed by atoms with Crippen molar-refractivity contribution in [3.63, 3.8) is 0 Å². The SMILES string of the molecule is CC(C)(C)OC(=O)N[C@@H]1CC[C@@H](C(=O)NNC(=O)c2ccc(Cl)c(F)c2)OC1. The Labute approximate surface area is 167 Å². The van der Waals surface area contributed by atoms with Gasteiger partial charge in [-0.05, 0) is 51.8 Å². The minimum absolute atomic E-state index is 0.00777. The fraction of sp³-hybridized carbons (Fsp3) is 0.500. The van der Waals surface area contributed by atoms with Crippen LogP contribution in [0.5, 0.6) is 0 Å². The van der Waals surface area contributed by atoms with E-state index in [2.05, 4.69) is 16.2 Å². The van der Waals surface area contributed by atoms with Gasteiger partial charge in [0.25, 0.3) is 11.8 Å². The van der Waals surface area contributed by atoms with Crippen molar-refractivity contribution in [2.75, 3.05) is 6.61 Å². The van der Waals surface area contributed by atoms with E-state index in [0.29, 0.717) is 12.8 Å². The Bertz CT molecular complexity index is 745. The molecule has 1 heterocycles. The highest BCUT2D eigenvalue weighted by Gasteiger charge is 2.29. The topological polar surface area (TPSA) is 106 Å². The van der Waals surface area contributed by atoms with Gasteiger partial charge >= 0.3 is 6.09 Å². The predicted molar refractivity (Wildman–Crippen MR) is 99.2 cm³/mol. The summed E-state index contributed by atoms with van der Waals surface area (Å²) in [4.78, 5) is 35.8. The van der Waals surface area contributed by atoms with Gasteiger partial charge in [-0.1, -0.05) is 11.6 Å². The van der Waals surface area contributed by atoms with Gasteiger partial charge < -0.3 is 14.8 Å². The fourth-order valence-corrected chi connectivity index (χ4v) is 2.57. The molecule has 10 heteroatoms. The third-order valence-corrected chi connectivity index (χ3v) is 4.08. The first-order valence-electron chi connectivity index (χ1n) is 8.71. The van der Waals surface area contributed by atoms with Crippen LogP contribution >= 0.6 is 11.6 Å². The Morgan fingerprint density at radius 3 is 2.50 bits per heavy atom. The number of carbonyl (C=O) groups is 3. The second kappa shape index (κ2) is 9.20. The summed E-state index contributed by atoms with van der Waals surface area (Å²) in [5.74, 6) is -1.97. The number of hydrazine groups is 1. The summed E-state index contributed by atoms with van der Waals surface area (Å²) in [6, 6.07) is 3.27. The number of carbonyl (C=O) groups excluding carboxylic acids is 3. The van der Waals surface area contributed by atoms with Crippen LogP contribution in [-0.2, 0) is 14.3 Å². The molecule has 3 amide bonds. The maximum Gasteiger partial charge on any atom is 0.407 e. The van der Waals surface area contributed by atoms with Crippen LogP contribution in [-0.4, -0.2) is 42.3 Å². The molecule has 3 N–H and O–H groups in total. The summed E-state index contributed by atoms with van der Waals surface area (Å²) in [6.45, 7) is 5.42. The smallest absolute Gasteiger partial charge is 0.407 e. The molecule has 1 aromatic carbocycles. The molecule has 8 nitrogen and oxygen atoms in total. The Kier molecular flexibility index (Phi) is 7.20. The number of alkyl carbamates (subject to hydrolysis) is 1. The third kappa shape index (κ3) is 6.65. The van der Waals surface area contributed by atoms with E-state index in [1.54, 1.807) is 20.8 Å². The maximum absolute atomic E-state index is 13.4. The molecule has 2 atom stereocenters. The van der Waals surface area contributed by atoms with Crippen LogP contribution in [0.4, 0.5) is 9.18 Å². The number of nitrogens with one attached hydrogen (secondary N) is 3. The van der Waals surface area contributed by atoms with Crippen molar-refractivity contribution in [3.05, 3.63) is 34.6 Å². The van der Waals surface area contributed by atoms with E-state index < -0.39 is 35.4 Å². The van der Waals surface area contributed by atoms with E-state index >= 15 is 0 Å². The van der Waals surface area contributed by atoms with Crippen LogP contribution in [0.15, 0.2) is 18.2 Å². The molecule has 28 heavy (non-hydrogen) atoms. The van der Waals surface area contributed by atoms with Crippen molar-refractivity contribution in [1.29, 1.82) is 0 Å². The van der Waals surface area contributed by atoms with Crippen LogP contribution in [0.25, 0.3) is 0 Å². The molecule has 1 aliphatic rings. The van der Waals surface area contributed by atoms with Crippen LogP contribution in [0.2, 0.25) is 5.02 Å². The summed E-state index contributed by atoms with van der Waals surface area (Å²) < 4.78 is 24.0. The van der Waals surface area contributed by atoms with Crippen LogP contribution in [0.3, 0.4) is 0 Å². The Morgan fingerprint density at radius 2 is 1.93 bits per heavy atom. The number of hydrogen-bond donors (Lipinski definition) is 3. The van der Waals surface area contributed by atoms with Gasteiger partial charge in [0.05, 0.1) is 17.7 Å². The second-order valence-electron chi connectivity index (χ2n) is 7.31. The van der Waals surface area contributed by atoms with E-state index in [1.165, 1.54) is 12.1 Å². The second-order valence-corrected chi connectivity index (χ2v) is 7.72. The predicted octanol–water partition coefficient (Wildman–Crippen LogP) is 2.31. The largest absolute Gasteiger partial charge is 0.444 e. The molecule has 1 saturated heterocycles. The van der Waals surface area contributed by atoms with Crippen molar-refractivity contribution in [2.45, 2.75) is 51.4 Å². The molecule has 1 aromatic rings. The highest BCUT2D eigenvalue weighted by atomic mass is 35.5. The summed E-state index contributed by atoms with van der Waals surface area (Å²) in [7, 11) is 0. The number of rotatable bonds is 3. The zero-order valence-corrected chi connectivity index (χ0v) is 16.6. The molecule has 0 spiro atoms. The van der Waals surface area contributed by atoms with E-state index in [0.717, 1.165) is 6.07 Å². The number of amides is 3. The summed E-state index contributed by atoms with van der Waals surface area (Å²) >= 11 is 5.56. The molecule has 0 saturated carbocycles. The van der Waals surface area contributed by atoms with E-state index in [-0.39, 0.29) is 23.2 Å². The lowest BCUT2D eigenvalue weighted by Crippen LogP contribution is -2.51. The first kappa shape index (κ1) is 21.9. The highest BCUT2D eigenvalue weighted by molar-refractivity contribution is 6.30. The lowest BCUT2D eigenvalue weighted by Gasteiger charge is -2.29. The van der Waals surface area contributed by atoms with Crippen LogP contribution in [0.1, 0.15) is 44.0 Å². The third-order valence-electron chi connectivity index (χ3n) is 3.77. The van der Waals surface area contributed by atoms with Crippen molar-refractivity contribution in [3.8, 4) is 0 Å². The lowest BCUT2D eigenvalue weighted by atomic mass is 10.0. The molecule has 1 aliphatic heterocycles. The lowest BCUT2D eigenvalue weighted by molar-refractivity contribution is -0.137. The highest BCUT2D eigenvalue weighted by Crippen LogP contribution is 2.16. The quantitative estimate of drug-likeness (QED) is 0.657. The molecule has 0 aliphatic carbocycles. The van der Waals surface area contributed by atoms with Gasteiger partial charge in [-0.15, -0.1) is 0 Å². The Balaban J connectivity index is 1.75. The Hall–Kier alpha value is -2.39. The van der Waals surface area contributed by atoms with E-state index in [9.17, 15) is 18.8 Å². The molecule has 154 valence electrons. The molecular formula is C18H23ClFN3O5. The number of halogens is 2. The molecule has 1 fully saturated rings. The van der Waals surface area contributed by atoms with Crippen LogP contribution < -0.4 is 16.2 Å². The average Bonchev–Trinajstić information content (AvgIpc) is 2.60. The summed E-state index contributed by atoms with van der Waals surface area (Å²) in [5, 5.41) is 2.58. The standard InChI is InChI=1S/C18H23ClFN3O5/c1-18(2,3)28-17(26)21-11-5-7-14(27-9-11)16(25)23-22-15(24)10-4-6-12(19)13(20)8-10/h4,6,8,11,14H,5,7,9H2,1-3H3,(H,21,26)(H,22,24)(H,23,25)/t11-,14+/m1/s1. The minimum Gasteiger partial charge on any atom is -0.444 e. The fourth-order valence-electron chi connectivity index (χ4n) is 2.45. The molecule has 0 aromatic heterocycles.